The Morgan fingerprint density at radius 1 is 0.480 bits per heavy atom. The molecule has 0 amide bonds. The normalized spacial score (nSPS) is 12.4. The predicted octanol–water partition coefficient (Wildman–Crippen LogP) is 6.91. The fraction of sp³-hybridized carbons (Fsp3) is 0. The second-order valence-electron chi connectivity index (χ2n) is 10.2. The minimum absolute atomic E-state index is 0.00813. The second-order valence-corrected chi connectivity index (χ2v) is 14.4. The van der Waals surface area contributed by atoms with Gasteiger partial charge in [0.15, 0.2) is 0 Å². The average molecular weight is 739 g/mol. The maximum Gasteiger partial charge on any atom is 0.296 e. The van der Waals surface area contributed by atoms with Crippen LogP contribution in [0.2, 0.25) is 0 Å². The maximum atomic E-state index is 12.2. The van der Waals surface area contributed by atoms with E-state index in [0.29, 0.717) is 11.4 Å². The number of hydrogen-bond acceptors (Lipinski definition) is 14. The Balaban J connectivity index is 1.53. The van der Waals surface area contributed by atoms with Gasteiger partial charge in [0.2, 0.25) is 0 Å². The highest BCUT2D eigenvalue weighted by Gasteiger charge is 2.23. The summed E-state index contributed by atoms with van der Waals surface area (Å²) >= 11 is 0. The number of nitrogens with one attached hydrogen (secondary N) is 2. The number of nitrogens with two attached hydrogens (primary N) is 2. The Kier molecular flexibility index (Phi) is 9.94. The Morgan fingerprint density at radius 3 is 1.32 bits per heavy atom. The molecule has 0 radical (unpaired) electrons. The predicted molar refractivity (Wildman–Crippen MR) is 185 cm³/mol. The molecule has 0 unspecified atom stereocenters. The molecule has 20 heteroatoms. The zero-order valence-corrected chi connectivity index (χ0v) is 27.7. The van der Waals surface area contributed by atoms with Crippen LogP contribution in [0.1, 0.15) is 0 Å². The number of nitrogen functional groups attached to an aromatic ring is 2. The lowest BCUT2D eigenvalue weighted by molar-refractivity contribution is 0.481. The molecule has 17 nitrogen and oxygen atoms in total. The quantitative estimate of drug-likeness (QED) is 0.0412. The van der Waals surface area contributed by atoms with Crippen molar-refractivity contribution in [1.29, 1.82) is 0 Å². The van der Waals surface area contributed by atoms with E-state index in [0.717, 1.165) is 18.2 Å². The van der Waals surface area contributed by atoms with Gasteiger partial charge in [-0.2, -0.15) is 35.5 Å². The summed E-state index contributed by atoms with van der Waals surface area (Å²) in [6.07, 6.45) is 0. The van der Waals surface area contributed by atoms with Gasteiger partial charge in [0.1, 0.15) is 26.1 Å². The number of para-hydroxylation sites is 2. The highest BCUT2D eigenvalue weighted by molar-refractivity contribution is 7.86. The van der Waals surface area contributed by atoms with Gasteiger partial charge in [0.25, 0.3) is 30.4 Å². The summed E-state index contributed by atoms with van der Waals surface area (Å²) in [4.78, 5) is -1.99. The SMILES string of the molecule is Nc1c(N=Nc2ccc(Nc3ccccc3)c(S(=O)(=O)O)c2)cc(S(=O)(=O)O)c(N)c1N=Nc1ccc(Nc2ccccc2)c(S(=O)(=O)O)c1. The molecule has 0 spiro atoms. The van der Waals surface area contributed by atoms with Gasteiger partial charge in [-0.1, -0.05) is 36.4 Å². The first-order valence-corrected chi connectivity index (χ1v) is 18.2. The topological polar surface area (TPSA) is 289 Å². The Morgan fingerprint density at radius 2 is 0.900 bits per heavy atom. The van der Waals surface area contributed by atoms with E-state index in [9.17, 15) is 38.9 Å². The van der Waals surface area contributed by atoms with Crippen LogP contribution < -0.4 is 22.1 Å². The van der Waals surface area contributed by atoms with Gasteiger partial charge in [-0.25, -0.2) is 0 Å². The van der Waals surface area contributed by atoms with E-state index in [2.05, 4.69) is 31.1 Å². The van der Waals surface area contributed by atoms with Crippen LogP contribution in [-0.2, 0) is 30.4 Å². The highest BCUT2D eigenvalue weighted by Crippen LogP contribution is 2.43. The number of azo groups is 2. The van der Waals surface area contributed by atoms with E-state index in [-0.39, 0.29) is 22.7 Å². The van der Waals surface area contributed by atoms with Gasteiger partial charge >= 0.3 is 0 Å². The minimum Gasteiger partial charge on any atom is -0.396 e. The van der Waals surface area contributed by atoms with Crippen molar-refractivity contribution in [2.45, 2.75) is 14.7 Å². The van der Waals surface area contributed by atoms with Crippen molar-refractivity contribution in [1.82, 2.24) is 0 Å². The molecule has 0 saturated carbocycles. The van der Waals surface area contributed by atoms with E-state index < -0.39 is 67.8 Å². The van der Waals surface area contributed by atoms with Crippen LogP contribution in [0.4, 0.5) is 56.9 Å². The van der Waals surface area contributed by atoms with E-state index in [1.54, 1.807) is 60.7 Å². The van der Waals surface area contributed by atoms with Crippen LogP contribution in [0.3, 0.4) is 0 Å². The number of hydrogen-bond donors (Lipinski definition) is 7. The summed E-state index contributed by atoms with van der Waals surface area (Å²) in [7, 11) is -14.6. The lowest BCUT2D eigenvalue weighted by atomic mass is 10.2. The van der Waals surface area contributed by atoms with Crippen LogP contribution >= 0.6 is 0 Å². The lowest BCUT2D eigenvalue weighted by Crippen LogP contribution is -2.05. The Hall–Kier alpha value is -5.77. The van der Waals surface area contributed by atoms with E-state index >= 15 is 0 Å². The molecule has 0 heterocycles. The summed E-state index contributed by atoms with van der Waals surface area (Å²) in [5, 5.41) is 21.3. The van der Waals surface area contributed by atoms with Crippen molar-refractivity contribution in [3.8, 4) is 0 Å². The van der Waals surface area contributed by atoms with Gasteiger partial charge in [-0.3, -0.25) is 13.7 Å². The third kappa shape index (κ3) is 8.44. The largest absolute Gasteiger partial charge is 0.396 e. The number of nitrogens with zero attached hydrogens (tertiary/aromatic N) is 4. The Labute approximate surface area is 285 Å². The smallest absolute Gasteiger partial charge is 0.296 e. The van der Waals surface area contributed by atoms with Gasteiger partial charge in [0.05, 0.1) is 34.1 Å². The molecule has 0 aliphatic rings. The standard InChI is InChI=1S/C30H26N8O9S3/c31-28-24(37-35-20-11-13-22(25(15-20)48(39,40)41)33-18-7-3-1-4-8-18)17-27(50(45,46)47)29(32)30(28)38-36-21-12-14-23(26(16-21)49(42,43)44)34-19-9-5-2-6-10-19/h1-17,33-34H,31-32H2,(H,39,40,41)(H,42,43,44)(H,45,46,47). The fourth-order valence-electron chi connectivity index (χ4n) is 4.42. The average Bonchev–Trinajstić information content (AvgIpc) is 3.05. The van der Waals surface area contributed by atoms with Gasteiger partial charge in [-0.05, 0) is 66.7 Å². The van der Waals surface area contributed by atoms with Crippen molar-refractivity contribution >= 4 is 87.2 Å². The van der Waals surface area contributed by atoms with Gasteiger partial charge in [-0.15, -0.1) is 10.2 Å². The van der Waals surface area contributed by atoms with Crippen molar-refractivity contribution in [3.63, 3.8) is 0 Å². The minimum atomic E-state index is -5.01. The number of benzene rings is 5. The van der Waals surface area contributed by atoms with Crippen molar-refractivity contribution in [2.24, 2.45) is 20.5 Å². The summed E-state index contributed by atoms with van der Waals surface area (Å²) in [5.41, 5.74) is 11.0. The molecule has 50 heavy (non-hydrogen) atoms. The summed E-state index contributed by atoms with van der Waals surface area (Å²) < 4.78 is 103. The number of rotatable bonds is 11. The molecule has 0 aliphatic heterocycles. The molecular formula is C30H26N8O9S3. The first kappa shape index (κ1) is 35.5. The van der Waals surface area contributed by atoms with Crippen LogP contribution in [0, 0.1) is 0 Å². The molecule has 9 N–H and O–H groups in total. The lowest BCUT2D eigenvalue weighted by Gasteiger charge is -2.12. The number of anilines is 6. The molecule has 0 saturated heterocycles. The van der Waals surface area contributed by atoms with Crippen LogP contribution in [0.5, 0.6) is 0 Å². The molecule has 258 valence electrons. The van der Waals surface area contributed by atoms with Crippen molar-refractivity contribution in [3.05, 3.63) is 103 Å². The molecule has 0 aromatic heterocycles. The summed E-state index contributed by atoms with van der Waals surface area (Å²) in [6, 6.07) is 25.0. The van der Waals surface area contributed by atoms with Crippen LogP contribution in [0.25, 0.3) is 0 Å². The van der Waals surface area contributed by atoms with Crippen LogP contribution in [0.15, 0.2) is 138 Å². The summed E-state index contributed by atoms with van der Waals surface area (Å²) in [5.74, 6) is 0. The second kappa shape index (κ2) is 14.0. The van der Waals surface area contributed by atoms with Crippen molar-refractivity contribution < 1.29 is 38.9 Å². The third-order valence-electron chi connectivity index (χ3n) is 6.73. The maximum absolute atomic E-state index is 12.2. The Bertz CT molecular complexity index is 2480. The molecule has 0 atom stereocenters. The molecule has 0 bridgehead atoms. The van der Waals surface area contributed by atoms with E-state index in [4.69, 9.17) is 11.5 Å². The first-order valence-electron chi connectivity index (χ1n) is 13.9. The van der Waals surface area contributed by atoms with Crippen molar-refractivity contribution in [2.75, 3.05) is 22.1 Å². The van der Waals surface area contributed by atoms with Crippen LogP contribution in [-0.4, -0.2) is 38.9 Å². The molecule has 5 rings (SSSR count). The monoisotopic (exact) mass is 738 g/mol. The summed E-state index contributed by atoms with van der Waals surface area (Å²) in [6.45, 7) is 0. The van der Waals surface area contributed by atoms with E-state index in [1.807, 2.05) is 0 Å². The van der Waals surface area contributed by atoms with E-state index in [1.165, 1.54) is 24.3 Å². The molecule has 5 aromatic rings. The molecular weight excluding hydrogens is 713 g/mol. The zero-order chi connectivity index (χ0) is 36.3. The molecule has 0 aliphatic carbocycles. The first-order chi connectivity index (χ1) is 23.5. The zero-order valence-electron chi connectivity index (χ0n) is 25.3. The van der Waals surface area contributed by atoms with Gasteiger partial charge in [0, 0.05) is 11.4 Å². The fourth-order valence-corrected chi connectivity index (χ4v) is 6.39. The third-order valence-corrected chi connectivity index (χ3v) is 9.41. The highest BCUT2D eigenvalue weighted by atomic mass is 32.2. The molecule has 0 fully saturated rings. The van der Waals surface area contributed by atoms with Gasteiger partial charge < -0.3 is 22.1 Å². The molecule has 5 aromatic carbocycles.